The summed E-state index contributed by atoms with van der Waals surface area (Å²) in [5.74, 6) is 0.0851. The molecule has 1 aromatic heterocycles. The molecule has 70 valence electrons. The monoisotopic (exact) mass is 305 g/mol. The Morgan fingerprint density at radius 1 is 1.54 bits per heavy atom. The number of hydrogen-bond acceptors (Lipinski definition) is 2. The average Bonchev–Trinajstić information content (AvgIpc) is 2.04. The molecule has 0 aliphatic heterocycles. The van der Waals surface area contributed by atoms with Crippen LogP contribution in [0.15, 0.2) is 21.2 Å². The lowest BCUT2D eigenvalue weighted by atomic mass is 10.2. The van der Waals surface area contributed by atoms with E-state index < -0.39 is 0 Å². The van der Waals surface area contributed by atoms with Crippen LogP contribution in [-0.4, -0.2) is 10.8 Å². The van der Waals surface area contributed by atoms with E-state index in [1.807, 2.05) is 13.0 Å². The van der Waals surface area contributed by atoms with Crippen LogP contribution < -0.4 is 0 Å². The van der Waals surface area contributed by atoms with Crippen LogP contribution in [0.3, 0.4) is 0 Å². The van der Waals surface area contributed by atoms with Crippen LogP contribution in [-0.2, 0) is 0 Å². The van der Waals surface area contributed by atoms with Crippen LogP contribution in [0.5, 0.6) is 0 Å². The Balaban J connectivity index is 2.95. The highest BCUT2D eigenvalue weighted by atomic mass is 79.9. The largest absolute Gasteiger partial charge is 0.292 e. The van der Waals surface area contributed by atoms with E-state index in [1.165, 1.54) is 0 Å². The van der Waals surface area contributed by atoms with E-state index >= 15 is 0 Å². The molecule has 0 aromatic carbocycles. The van der Waals surface area contributed by atoms with Gasteiger partial charge in [-0.2, -0.15) is 0 Å². The van der Waals surface area contributed by atoms with Gasteiger partial charge in [0.15, 0.2) is 5.78 Å². The van der Waals surface area contributed by atoms with Gasteiger partial charge in [0.2, 0.25) is 0 Å². The highest BCUT2D eigenvalue weighted by molar-refractivity contribution is 9.11. The first kappa shape index (κ1) is 10.9. The number of ketones is 1. The molecule has 0 atom stereocenters. The predicted molar refractivity (Wildman–Crippen MR) is 58.9 cm³/mol. The predicted octanol–water partition coefficient (Wildman–Crippen LogP) is 3.59. The molecule has 0 amide bonds. The van der Waals surface area contributed by atoms with Crippen molar-refractivity contribution in [1.82, 2.24) is 4.98 Å². The van der Waals surface area contributed by atoms with E-state index in [2.05, 4.69) is 36.8 Å². The van der Waals surface area contributed by atoms with Crippen LogP contribution in [0.25, 0.3) is 0 Å². The fourth-order valence-corrected chi connectivity index (χ4v) is 2.17. The van der Waals surface area contributed by atoms with Crippen LogP contribution in [0.2, 0.25) is 0 Å². The third-order valence-electron chi connectivity index (χ3n) is 1.55. The van der Waals surface area contributed by atoms with Gasteiger partial charge >= 0.3 is 0 Å². The molecule has 1 heterocycles. The molecular weight excluding hydrogens is 298 g/mol. The van der Waals surface area contributed by atoms with Crippen LogP contribution >= 0.6 is 31.9 Å². The molecule has 1 rings (SSSR count). The molecule has 0 aliphatic carbocycles. The minimum atomic E-state index is 0.0851. The third-order valence-corrected chi connectivity index (χ3v) is 2.59. The van der Waals surface area contributed by atoms with Crippen LogP contribution in [0.4, 0.5) is 0 Å². The molecule has 0 fully saturated rings. The van der Waals surface area contributed by atoms with Gasteiger partial charge < -0.3 is 0 Å². The Bertz CT molecular complexity index is 325. The summed E-state index contributed by atoms with van der Waals surface area (Å²) in [5, 5.41) is 0. The zero-order valence-electron chi connectivity index (χ0n) is 7.18. The Hall–Kier alpha value is -0.220. The second-order valence-electron chi connectivity index (χ2n) is 2.66. The van der Waals surface area contributed by atoms with Crippen molar-refractivity contribution in [2.75, 3.05) is 0 Å². The van der Waals surface area contributed by atoms with Crippen LogP contribution in [0.1, 0.15) is 30.3 Å². The molecule has 0 N–H and O–H groups in total. The van der Waals surface area contributed by atoms with Crippen molar-refractivity contribution >= 4 is 37.6 Å². The number of aromatic nitrogens is 1. The summed E-state index contributed by atoms with van der Waals surface area (Å²) in [6.07, 6.45) is 3.03. The quantitative estimate of drug-likeness (QED) is 0.799. The molecule has 0 spiro atoms. The summed E-state index contributed by atoms with van der Waals surface area (Å²) in [4.78, 5) is 15.5. The SMILES string of the molecule is CCCC(=O)c1ncc(Br)cc1Br. The van der Waals surface area contributed by atoms with Gasteiger partial charge in [-0.1, -0.05) is 6.92 Å². The normalized spacial score (nSPS) is 10.1. The zero-order chi connectivity index (χ0) is 9.84. The maximum atomic E-state index is 11.5. The minimum Gasteiger partial charge on any atom is -0.292 e. The van der Waals surface area contributed by atoms with Gasteiger partial charge in [-0.25, -0.2) is 0 Å². The van der Waals surface area contributed by atoms with E-state index in [-0.39, 0.29) is 5.78 Å². The molecule has 0 bridgehead atoms. The van der Waals surface area contributed by atoms with Gasteiger partial charge in [-0.05, 0) is 44.3 Å². The number of rotatable bonds is 3. The van der Waals surface area contributed by atoms with Gasteiger partial charge in [-0.15, -0.1) is 0 Å². The summed E-state index contributed by atoms with van der Waals surface area (Å²) >= 11 is 6.58. The number of pyridine rings is 1. The van der Waals surface area contributed by atoms with Crippen molar-refractivity contribution in [2.45, 2.75) is 19.8 Å². The first-order valence-corrected chi connectivity index (χ1v) is 5.58. The van der Waals surface area contributed by atoms with Crippen molar-refractivity contribution in [3.8, 4) is 0 Å². The smallest absolute Gasteiger partial charge is 0.182 e. The average molecular weight is 307 g/mol. The molecule has 1 aromatic rings. The summed E-state index contributed by atoms with van der Waals surface area (Å²) in [6, 6.07) is 1.83. The fraction of sp³-hybridized carbons (Fsp3) is 0.333. The molecular formula is C9H9Br2NO. The summed E-state index contributed by atoms with van der Waals surface area (Å²) < 4.78 is 1.62. The van der Waals surface area contributed by atoms with Crippen LogP contribution in [0, 0.1) is 0 Å². The molecule has 0 aliphatic rings. The third kappa shape index (κ3) is 2.88. The van der Waals surface area contributed by atoms with Crippen molar-refractivity contribution in [3.05, 3.63) is 26.9 Å². The minimum absolute atomic E-state index is 0.0851. The molecule has 0 radical (unpaired) electrons. The fourth-order valence-electron chi connectivity index (χ4n) is 0.965. The van der Waals surface area contributed by atoms with E-state index in [0.29, 0.717) is 12.1 Å². The summed E-state index contributed by atoms with van der Waals surface area (Å²) in [5.41, 5.74) is 0.519. The number of halogens is 2. The Morgan fingerprint density at radius 2 is 2.23 bits per heavy atom. The van der Waals surface area contributed by atoms with Crippen molar-refractivity contribution in [2.24, 2.45) is 0 Å². The Labute approximate surface area is 94.0 Å². The molecule has 4 heteroatoms. The highest BCUT2D eigenvalue weighted by Crippen LogP contribution is 2.20. The van der Waals surface area contributed by atoms with Crippen molar-refractivity contribution < 1.29 is 4.79 Å². The summed E-state index contributed by atoms with van der Waals surface area (Å²) in [6.45, 7) is 1.98. The molecule has 0 unspecified atom stereocenters. The molecule has 13 heavy (non-hydrogen) atoms. The maximum absolute atomic E-state index is 11.5. The second kappa shape index (κ2) is 4.86. The van der Waals surface area contributed by atoms with E-state index in [9.17, 15) is 4.79 Å². The first-order chi connectivity index (χ1) is 6.15. The maximum Gasteiger partial charge on any atom is 0.182 e. The van der Waals surface area contributed by atoms with E-state index in [4.69, 9.17) is 0 Å². The van der Waals surface area contributed by atoms with Gasteiger partial charge in [0.05, 0.1) is 0 Å². The Kier molecular flexibility index (Phi) is 4.06. The van der Waals surface area contributed by atoms with Crippen molar-refractivity contribution in [3.63, 3.8) is 0 Å². The number of carbonyl (C=O) groups excluding carboxylic acids is 1. The number of carbonyl (C=O) groups is 1. The second-order valence-corrected chi connectivity index (χ2v) is 4.43. The zero-order valence-corrected chi connectivity index (χ0v) is 10.4. The lowest BCUT2D eigenvalue weighted by Gasteiger charge is -2.01. The molecule has 0 saturated carbocycles. The molecule has 0 saturated heterocycles. The Morgan fingerprint density at radius 3 is 2.77 bits per heavy atom. The molecule has 2 nitrogen and oxygen atoms in total. The van der Waals surface area contributed by atoms with Gasteiger partial charge in [0.25, 0.3) is 0 Å². The van der Waals surface area contributed by atoms with E-state index in [0.717, 1.165) is 15.4 Å². The lowest BCUT2D eigenvalue weighted by molar-refractivity contribution is 0.0976. The standard InChI is InChI=1S/C9H9Br2NO/c1-2-3-8(13)9-7(11)4-6(10)5-12-9/h4-5H,2-3H2,1H3. The van der Waals surface area contributed by atoms with Crippen molar-refractivity contribution in [1.29, 1.82) is 0 Å². The first-order valence-electron chi connectivity index (χ1n) is 3.99. The number of hydrogen-bond donors (Lipinski definition) is 0. The number of Topliss-reactive ketones (excluding diaryl/α,β-unsaturated/α-hetero) is 1. The van der Waals surface area contributed by atoms with E-state index in [1.54, 1.807) is 6.20 Å². The topological polar surface area (TPSA) is 30.0 Å². The lowest BCUT2D eigenvalue weighted by Crippen LogP contribution is -2.02. The highest BCUT2D eigenvalue weighted by Gasteiger charge is 2.10. The number of nitrogens with zero attached hydrogens (tertiary/aromatic N) is 1. The summed E-state index contributed by atoms with van der Waals surface area (Å²) in [7, 11) is 0. The van der Waals surface area contributed by atoms with Gasteiger partial charge in [0, 0.05) is 21.6 Å². The van der Waals surface area contributed by atoms with Gasteiger partial charge in [0.1, 0.15) is 5.69 Å². The van der Waals surface area contributed by atoms with Gasteiger partial charge in [-0.3, -0.25) is 9.78 Å².